The Morgan fingerprint density at radius 1 is 1.33 bits per heavy atom. The number of aromatic amines is 1. The predicted octanol–water partition coefficient (Wildman–Crippen LogP) is 4.10. The number of hydrogen-bond acceptors (Lipinski definition) is 3. The van der Waals surface area contributed by atoms with Crippen LogP contribution in [0, 0.1) is 5.82 Å². The van der Waals surface area contributed by atoms with Gasteiger partial charge in [-0.3, -0.25) is 4.79 Å². The minimum Gasteiger partial charge on any atom is -0.477 e. The SMILES string of the molecule is CN(Cc1ccc(F)c(Br)c1)C(=O)c1cc2sc(C(=O)O)cc2[nH]1. The van der Waals surface area contributed by atoms with Gasteiger partial charge in [0.25, 0.3) is 5.91 Å². The third-order valence-electron chi connectivity index (χ3n) is 3.50. The van der Waals surface area contributed by atoms with Gasteiger partial charge in [0.15, 0.2) is 0 Å². The quantitative estimate of drug-likeness (QED) is 0.679. The topological polar surface area (TPSA) is 73.4 Å². The van der Waals surface area contributed by atoms with Gasteiger partial charge in [-0.1, -0.05) is 6.07 Å². The number of thiophene rings is 1. The van der Waals surface area contributed by atoms with Crippen molar-refractivity contribution >= 4 is 49.4 Å². The molecule has 0 aliphatic rings. The average molecular weight is 411 g/mol. The molecule has 0 atom stereocenters. The molecule has 5 nitrogen and oxygen atoms in total. The molecule has 0 aliphatic heterocycles. The zero-order valence-corrected chi connectivity index (χ0v) is 14.9. The number of carboxylic acids is 1. The Morgan fingerprint density at radius 2 is 2.08 bits per heavy atom. The highest BCUT2D eigenvalue weighted by Gasteiger charge is 2.18. The standard InChI is InChI=1S/C16H12BrFN2O3S/c1-20(7-8-2-3-10(18)9(17)4-8)15(21)12-6-13-11(19-12)5-14(24-13)16(22)23/h2-6,19H,7H2,1H3,(H,22,23). The van der Waals surface area contributed by atoms with Crippen LogP contribution in [0.4, 0.5) is 4.39 Å². The smallest absolute Gasteiger partial charge is 0.345 e. The van der Waals surface area contributed by atoms with Crippen molar-refractivity contribution in [3.05, 3.63) is 56.8 Å². The minimum absolute atomic E-state index is 0.222. The molecule has 2 aromatic heterocycles. The van der Waals surface area contributed by atoms with E-state index < -0.39 is 5.97 Å². The van der Waals surface area contributed by atoms with Crippen LogP contribution in [0.15, 0.2) is 34.8 Å². The number of rotatable bonds is 4. The molecule has 8 heteroatoms. The molecule has 2 N–H and O–H groups in total. The lowest BCUT2D eigenvalue weighted by molar-refractivity contribution is 0.0701. The molecule has 1 aromatic carbocycles. The molecule has 0 aliphatic carbocycles. The Kier molecular flexibility index (Phi) is 4.42. The second kappa shape index (κ2) is 6.37. The maximum Gasteiger partial charge on any atom is 0.345 e. The Morgan fingerprint density at radius 3 is 2.71 bits per heavy atom. The molecular weight excluding hydrogens is 399 g/mol. The van der Waals surface area contributed by atoms with Gasteiger partial charge in [0.1, 0.15) is 16.4 Å². The monoisotopic (exact) mass is 410 g/mol. The van der Waals surface area contributed by atoms with Crippen molar-refractivity contribution in [2.75, 3.05) is 7.05 Å². The van der Waals surface area contributed by atoms with E-state index in [0.717, 1.165) is 16.9 Å². The highest BCUT2D eigenvalue weighted by atomic mass is 79.9. The Labute approximate surface area is 148 Å². The van der Waals surface area contributed by atoms with E-state index in [2.05, 4.69) is 20.9 Å². The van der Waals surface area contributed by atoms with Gasteiger partial charge >= 0.3 is 5.97 Å². The lowest BCUT2D eigenvalue weighted by Crippen LogP contribution is -2.26. The second-order valence-electron chi connectivity index (χ2n) is 5.29. The number of halogens is 2. The van der Waals surface area contributed by atoms with Gasteiger partial charge in [-0.15, -0.1) is 11.3 Å². The fourth-order valence-corrected chi connectivity index (χ4v) is 3.66. The van der Waals surface area contributed by atoms with Crippen LogP contribution in [-0.2, 0) is 6.54 Å². The number of carboxylic acid groups (broad SMARTS) is 1. The maximum absolute atomic E-state index is 13.3. The molecule has 24 heavy (non-hydrogen) atoms. The van der Waals surface area contributed by atoms with Crippen molar-refractivity contribution in [2.45, 2.75) is 6.54 Å². The van der Waals surface area contributed by atoms with E-state index in [9.17, 15) is 14.0 Å². The normalized spacial score (nSPS) is 11.0. The van der Waals surface area contributed by atoms with E-state index in [4.69, 9.17) is 5.11 Å². The van der Waals surface area contributed by atoms with E-state index >= 15 is 0 Å². The van der Waals surface area contributed by atoms with Crippen molar-refractivity contribution in [2.24, 2.45) is 0 Å². The van der Waals surface area contributed by atoms with E-state index in [1.807, 2.05) is 0 Å². The van der Waals surface area contributed by atoms with Gasteiger partial charge in [0.05, 0.1) is 14.7 Å². The van der Waals surface area contributed by atoms with Gasteiger partial charge in [0, 0.05) is 13.6 Å². The molecule has 2 heterocycles. The Bertz CT molecular complexity index is 919. The highest BCUT2D eigenvalue weighted by Crippen LogP contribution is 2.27. The van der Waals surface area contributed by atoms with Crippen LogP contribution in [0.5, 0.6) is 0 Å². The molecule has 0 saturated carbocycles. The number of hydrogen-bond donors (Lipinski definition) is 2. The largest absolute Gasteiger partial charge is 0.477 e. The summed E-state index contributed by atoms with van der Waals surface area (Å²) in [6.07, 6.45) is 0. The molecule has 0 fully saturated rings. The number of aromatic carboxylic acids is 1. The van der Waals surface area contributed by atoms with Crippen LogP contribution in [0.25, 0.3) is 10.2 Å². The lowest BCUT2D eigenvalue weighted by atomic mass is 10.2. The molecule has 0 spiro atoms. The molecule has 0 unspecified atom stereocenters. The molecule has 1 amide bonds. The summed E-state index contributed by atoms with van der Waals surface area (Å²) in [6.45, 7) is 0.324. The number of fused-ring (bicyclic) bond motifs is 1. The zero-order valence-electron chi connectivity index (χ0n) is 12.5. The summed E-state index contributed by atoms with van der Waals surface area (Å²) < 4.78 is 14.3. The summed E-state index contributed by atoms with van der Waals surface area (Å²) in [5.74, 6) is -1.57. The summed E-state index contributed by atoms with van der Waals surface area (Å²) in [7, 11) is 1.65. The number of carbonyl (C=O) groups is 2. The number of carbonyl (C=O) groups excluding carboxylic acids is 1. The minimum atomic E-state index is -0.989. The summed E-state index contributed by atoms with van der Waals surface area (Å²) in [5.41, 5.74) is 1.80. The van der Waals surface area contributed by atoms with Crippen LogP contribution in [0.2, 0.25) is 0 Å². The summed E-state index contributed by atoms with van der Waals surface area (Å²) in [5, 5.41) is 8.97. The number of nitrogens with zero attached hydrogens (tertiary/aromatic N) is 1. The molecule has 3 aromatic rings. The molecule has 3 rings (SSSR count). The lowest BCUT2D eigenvalue weighted by Gasteiger charge is -2.16. The first-order chi connectivity index (χ1) is 11.3. The second-order valence-corrected chi connectivity index (χ2v) is 7.22. The van der Waals surface area contributed by atoms with Gasteiger partial charge in [-0.25, -0.2) is 9.18 Å². The first-order valence-corrected chi connectivity index (χ1v) is 8.51. The third-order valence-corrected chi connectivity index (χ3v) is 5.17. The van der Waals surface area contributed by atoms with Crippen molar-refractivity contribution < 1.29 is 19.1 Å². The van der Waals surface area contributed by atoms with Crippen LogP contribution in [0.3, 0.4) is 0 Å². The van der Waals surface area contributed by atoms with Crippen molar-refractivity contribution in [3.63, 3.8) is 0 Å². The van der Waals surface area contributed by atoms with E-state index in [-0.39, 0.29) is 16.6 Å². The van der Waals surface area contributed by atoms with Crippen LogP contribution >= 0.6 is 27.3 Å². The highest BCUT2D eigenvalue weighted by molar-refractivity contribution is 9.10. The number of nitrogens with one attached hydrogen (secondary N) is 1. The van der Waals surface area contributed by atoms with E-state index in [1.54, 1.807) is 25.2 Å². The fourth-order valence-electron chi connectivity index (χ4n) is 2.33. The molecular formula is C16H12BrFN2O3S. The number of benzene rings is 1. The van der Waals surface area contributed by atoms with E-state index in [0.29, 0.717) is 26.9 Å². The molecule has 124 valence electrons. The summed E-state index contributed by atoms with van der Waals surface area (Å²) >= 11 is 4.24. The average Bonchev–Trinajstić information content (AvgIpc) is 3.08. The number of amides is 1. The van der Waals surface area contributed by atoms with Gasteiger partial charge < -0.3 is 15.0 Å². The summed E-state index contributed by atoms with van der Waals surface area (Å²) in [4.78, 5) is 28.1. The maximum atomic E-state index is 13.3. The van der Waals surface area contributed by atoms with Crippen LogP contribution < -0.4 is 0 Å². The predicted molar refractivity (Wildman–Crippen MR) is 93.0 cm³/mol. The van der Waals surface area contributed by atoms with Crippen LogP contribution in [0.1, 0.15) is 25.7 Å². The van der Waals surface area contributed by atoms with Gasteiger partial charge in [0.2, 0.25) is 0 Å². The Balaban J connectivity index is 1.78. The van der Waals surface area contributed by atoms with Crippen molar-refractivity contribution in [1.82, 2.24) is 9.88 Å². The van der Waals surface area contributed by atoms with Gasteiger partial charge in [-0.05, 0) is 45.8 Å². The number of H-pyrrole nitrogens is 1. The molecule has 0 radical (unpaired) electrons. The number of aromatic nitrogens is 1. The molecule has 0 bridgehead atoms. The van der Waals surface area contributed by atoms with Crippen molar-refractivity contribution in [3.8, 4) is 0 Å². The van der Waals surface area contributed by atoms with Gasteiger partial charge in [-0.2, -0.15) is 0 Å². The van der Waals surface area contributed by atoms with Crippen molar-refractivity contribution in [1.29, 1.82) is 0 Å². The third kappa shape index (κ3) is 3.20. The first-order valence-electron chi connectivity index (χ1n) is 6.90. The van der Waals surface area contributed by atoms with E-state index in [1.165, 1.54) is 17.0 Å². The van der Waals surface area contributed by atoms with Crippen LogP contribution in [-0.4, -0.2) is 33.9 Å². The first kappa shape index (κ1) is 16.7. The fraction of sp³-hybridized carbons (Fsp3) is 0.125. The molecule has 0 saturated heterocycles. The zero-order chi connectivity index (χ0) is 17.4. The Hall–Kier alpha value is -2.19. The summed E-state index contributed by atoms with van der Waals surface area (Å²) in [6, 6.07) is 7.75.